The number of nitrogen functional groups attached to an aromatic ring is 1. The second-order valence-corrected chi connectivity index (χ2v) is 15.7. The average Bonchev–Trinajstić information content (AvgIpc) is 3.55. The summed E-state index contributed by atoms with van der Waals surface area (Å²) in [5.41, 5.74) is 16.4. The summed E-state index contributed by atoms with van der Waals surface area (Å²) in [7, 11) is -0.855. The van der Waals surface area contributed by atoms with Crippen molar-refractivity contribution in [3.63, 3.8) is 0 Å². The van der Waals surface area contributed by atoms with Crippen LogP contribution in [-0.2, 0) is 0 Å². The third-order valence-electron chi connectivity index (χ3n) is 10.2. The van der Waals surface area contributed by atoms with Gasteiger partial charge < -0.3 is 5.73 Å². The van der Waals surface area contributed by atoms with Gasteiger partial charge in [-0.25, -0.2) is 15.0 Å². The molecule has 1 aromatic heterocycles. The normalized spacial score (nSPS) is 14.9. The first kappa shape index (κ1) is 31.7. The molecule has 0 radical (unpaired) electrons. The zero-order chi connectivity index (χ0) is 36.3. The average molecular weight is 713 g/mol. The van der Waals surface area contributed by atoms with Gasteiger partial charge in [-0.15, -0.1) is 0 Å². The molecule has 0 amide bonds. The zero-order valence-corrected chi connectivity index (χ0v) is 29.8. The summed E-state index contributed by atoms with van der Waals surface area (Å²) in [5, 5.41) is 19.0. The first-order valence-corrected chi connectivity index (χ1v) is 19.1. The van der Waals surface area contributed by atoms with Crippen LogP contribution in [0.15, 0.2) is 172 Å². The molecule has 0 saturated carbocycles. The number of thiol groups is 1. The Balaban J connectivity index is 1.17. The number of aromatic nitrogens is 3. The van der Waals surface area contributed by atoms with E-state index in [4.69, 9.17) is 31.5 Å². The Hall–Kier alpha value is -6.96. The fourth-order valence-electron chi connectivity index (χ4n) is 7.57. The van der Waals surface area contributed by atoms with Crippen molar-refractivity contribution in [2.75, 3.05) is 5.73 Å². The topological polar surface area (TPSA) is 112 Å². The molecule has 256 valence electrons. The Labute approximate surface area is 315 Å². The van der Waals surface area contributed by atoms with Crippen molar-refractivity contribution < 1.29 is 0 Å². The molecule has 2 heterocycles. The van der Waals surface area contributed by atoms with Crippen molar-refractivity contribution in [2.24, 2.45) is 0 Å². The van der Waals surface area contributed by atoms with E-state index in [2.05, 4.69) is 91.0 Å². The van der Waals surface area contributed by atoms with Crippen molar-refractivity contribution in [3.8, 4) is 56.4 Å². The quantitative estimate of drug-likeness (QED) is 0.105. The van der Waals surface area contributed by atoms with Gasteiger partial charge in [0, 0.05) is 37.7 Å². The number of fused-ring (bicyclic) bond motifs is 6. The molecule has 4 N–H and O–H groups in total. The van der Waals surface area contributed by atoms with Gasteiger partial charge in [0.05, 0.1) is 11.4 Å². The summed E-state index contributed by atoms with van der Waals surface area (Å²) < 4.78 is 0. The maximum atomic E-state index is 8.79. The van der Waals surface area contributed by atoms with Crippen LogP contribution < -0.4 is 5.73 Å². The highest BCUT2D eigenvalue weighted by molar-refractivity contribution is 8.17. The van der Waals surface area contributed by atoms with Crippen LogP contribution >= 0.6 is 10.9 Å². The van der Waals surface area contributed by atoms with Crippen LogP contribution in [0.5, 0.6) is 0 Å². The van der Waals surface area contributed by atoms with E-state index in [0.717, 1.165) is 55.4 Å². The van der Waals surface area contributed by atoms with Gasteiger partial charge in [0.15, 0.2) is 17.5 Å². The number of hydrogen-bond donors (Lipinski definition) is 4. The number of anilines is 1. The number of hydrogen-bond acceptors (Lipinski definition) is 6. The van der Waals surface area contributed by atoms with Crippen molar-refractivity contribution in [1.29, 1.82) is 10.8 Å². The lowest BCUT2D eigenvalue weighted by atomic mass is 9.88. The largest absolute Gasteiger partial charge is 0.399 e. The van der Waals surface area contributed by atoms with Crippen LogP contribution in [-0.4, -0.2) is 26.4 Å². The number of nitrogens with one attached hydrogen (secondary N) is 2. The molecule has 1 aliphatic heterocycles. The Kier molecular flexibility index (Phi) is 7.42. The summed E-state index contributed by atoms with van der Waals surface area (Å²) in [6.45, 7) is 0. The molecule has 54 heavy (non-hydrogen) atoms. The summed E-state index contributed by atoms with van der Waals surface area (Å²) in [6, 6.07) is 52.3. The fourth-order valence-corrected chi connectivity index (χ4v) is 10.3. The minimum atomic E-state index is -0.855. The van der Waals surface area contributed by atoms with Crippen LogP contribution in [0.2, 0.25) is 0 Å². The summed E-state index contributed by atoms with van der Waals surface area (Å²) >= 11 is 0. The van der Waals surface area contributed by atoms with E-state index in [1.807, 2.05) is 66.7 Å². The van der Waals surface area contributed by atoms with Crippen LogP contribution in [0.3, 0.4) is 0 Å². The molecule has 10 rings (SSSR count). The summed E-state index contributed by atoms with van der Waals surface area (Å²) in [4.78, 5) is 19.2. The van der Waals surface area contributed by atoms with Crippen LogP contribution in [0, 0.1) is 10.8 Å². The Morgan fingerprint density at radius 3 is 1.94 bits per heavy atom. The van der Waals surface area contributed by atoms with E-state index in [0.29, 0.717) is 17.5 Å². The Morgan fingerprint density at radius 1 is 0.481 bits per heavy atom. The van der Waals surface area contributed by atoms with Gasteiger partial charge in [0.25, 0.3) is 0 Å². The van der Waals surface area contributed by atoms with Gasteiger partial charge in [-0.3, -0.25) is 10.8 Å². The van der Waals surface area contributed by atoms with Gasteiger partial charge >= 0.3 is 0 Å². The standard InChI is InChI=1S/C47H32N6S/c48-35-12-7-13-36(27-35)54-41-15-5-4-14-37(41)38-22-20-34(26-42(38)54)47-52-45(32-11-6-10-31(24-32)28-8-2-1-3-9-28)51-46(53-47)33-19-17-29-16-18-30-21-23-40(49)44(50)43(30)39(29)25-33/h1-27,49-50,54H,48H2. The predicted octanol–water partition coefficient (Wildman–Crippen LogP) is 11.1. The van der Waals surface area contributed by atoms with Crippen molar-refractivity contribution in [2.45, 2.75) is 14.7 Å². The Bertz CT molecular complexity index is 2900. The van der Waals surface area contributed by atoms with Gasteiger partial charge in [-0.2, -0.15) is 10.9 Å². The molecule has 1 atom stereocenters. The fraction of sp³-hybridized carbons (Fsp3) is 0. The second-order valence-electron chi connectivity index (χ2n) is 13.5. The minimum absolute atomic E-state index is 0.195. The van der Waals surface area contributed by atoms with E-state index < -0.39 is 10.9 Å². The third kappa shape index (κ3) is 5.33. The summed E-state index contributed by atoms with van der Waals surface area (Å²) in [5.74, 6) is 1.69. The van der Waals surface area contributed by atoms with Crippen molar-refractivity contribution in [1.82, 2.24) is 15.0 Å². The van der Waals surface area contributed by atoms with Gasteiger partial charge in [-0.1, -0.05) is 115 Å². The van der Waals surface area contributed by atoms with Crippen molar-refractivity contribution in [3.05, 3.63) is 169 Å². The molecule has 0 spiro atoms. The van der Waals surface area contributed by atoms with Crippen LogP contribution in [0.25, 0.3) is 73.3 Å². The smallest absolute Gasteiger partial charge is 0.164 e. The van der Waals surface area contributed by atoms with E-state index in [9.17, 15) is 0 Å². The highest BCUT2D eigenvalue weighted by Crippen LogP contribution is 2.63. The molecule has 8 aromatic rings. The van der Waals surface area contributed by atoms with Crippen LogP contribution in [0.1, 0.15) is 11.1 Å². The van der Waals surface area contributed by atoms with E-state index in [1.165, 1.54) is 25.8 Å². The van der Waals surface area contributed by atoms with Gasteiger partial charge in [0.2, 0.25) is 0 Å². The number of benzene rings is 7. The minimum Gasteiger partial charge on any atom is -0.399 e. The molecule has 0 fully saturated rings. The second kappa shape index (κ2) is 12.6. The maximum Gasteiger partial charge on any atom is 0.164 e. The highest BCUT2D eigenvalue weighted by Gasteiger charge is 2.28. The van der Waals surface area contributed by atoms with Crippen LogP contribution in [0.4, 0.5) is 5.69 Å². The first-order chi connectivity index (χ1) is 26.5. The number of rotatable bonds is 5. The van der Waals surface area contributed by atoms with E-state index in [1.54, 1.807) is 6.08 Å². The molecule has 7 heteroatoms. The molecule has 7 aromatic carbocycles. The lowest BCUT2D eigenvalue weighted by Gasteiger charge is -2.20. The highest BCUT2D eigenvalue weighted by atomic mass is 32.2. The molecule has 1 unspecified atom stereocenters. The monoisotopic (exact) mass is 712 g/mol. The molecule has 0 bridgehead atoms. The van der Waals surface area contributed by atoms with E-state index >= 15 is 0 Å². The molecule has 2 aliphatic rings. The molecule has 6 nitrogen and oxygen atoms in total. The summed E-state index contributed by atoms with van der Waals surface area (Å²) in [6.07, 6.45) is 3.59. The van der Waals surface area contributed by atoms with Gasteiger partial charge in [-0.05, 0) is 92.0 Å². The first-order valence-electron chi connectivity index (χ1n) is 17.7. The molecular formula is C47H32N6S. The lowest BCUT2D eigenvalue weighted by Crippen LogP contribution is -2.16. The van der Waals surface area contributed by atoms with Gasteiger partial charge in [0.1, 0.15) is 0 Å². The predicted molar refractivity (Wildman–Crippen MR) is 223 cm³/mol. The van der Waals surface area contributed by atoms with E-state index in [-0.39, 0.29) is 11.4 Å². The third-order valence-corrected chi connectivity index (χ3v) is 12.7. The molecule has 1 aliphatic carbocycles. The number of nitrogens with two attached hydrogens (primary N) is 1. The maximum absolute atomic E-state index is 8.79. The molecule has 0 saturated heterocycles. The molecular weight excluding hydrogens is 681 g/mol. The number of nitrogens with zero attached hydrogens (tertiary/aromatic N) is 3. The lowest BCUT2D eigenvalue weighted by molar-refractivity contribution is 1.07. The van der Waals surface area contributed by atoms with Crippen molar-refractivity contribution >= 4 is 44.9 Å². The number of allylic oxidation sites excluding steroid dienone is 1. The zero-order valence-electron chi connectivity index (χ0n) is 29.0. The Morgan fingerprint density at radius 2 is 1.13 bits per heavy atom. The SMILES string of the molecule is N=C1C=Cc2ccc3ccc(-c4nc(-c5cccc(-c6ccccc6)c5)nc(-c5ccc6c(c5)[SH](c5cccc(N)c5)c5ccccc5-6)n4)cc3c2C1=N.